The van der Waals surface area contributed by atoms with Gasteiger partial charge in [0.2, 0.25) is 0 Å². The summed E-state index contributed by atoms with van der Waals surface area (Å²) in [5, 5.41) is 0.923. The van der Waals surface area contributed by atoms with E-state index in [1.807, 2.05) is 24.3 Å². The number of ether oxygens (including phenoxy) is 1. The summed E-state index contributed by atoms with van der Waals surface area (Å²) < 4.78 is 6.10. The molecule has 0 aromatic heterocycles. The molecular formula is C16H11BrCl2O2. The predicted molar refractivity (Wildman–Crippen MR) is 89.4 cm³/mol. The maximum atomic E-state index is 11.6. The van der Waals surface area contributed by atoms with Gasteiger partial charge in [-0.2, -0.15) is 0 Å². The van der Waals surface area contributed by atoms with Gasteiger partial charge in [0.1, 0.15) is 6.61 Å². The SMILES string of the molecule is O=C(C=Cc1ccc(Cl)c(Cl)c1)OCc1cccc(Br)c1. The molecule has 108 valence electrons. The number of hydrogen-bond donors (Lipinski definition) is 0. The van der Waals surface area contributed by atoms with E-state index >= 15 is 0 Å². The van der Waals surface area contributed by atoms with E-state index in [4.69, 9.17) is 27.9 Å². The van der Waals surface area contributed by atoms with E-state index in [1.54, 1.807) is 24.3 Å². The van der Waals surface area contributed by atoms with E-state index in [0.717, 1.165) is 15.6 Å². The molecule has 0 aliphatic carbocycles. The van der Waals surface area contributed by atoms with Gasteiger partial charge in [0.05, 0.1) is 10.0 Å². The molecule has 0 radical (unpaired) electrons. The Bertz CT molecular complexity index is 684. The molecule has 2 rings (SSSR count). The zero-order chi connectivity index (χ0) is 15.2. The molecule has 0 saturated carbocycles. The fourth-order valence-electron chi connectivity index (χ4n) is 1.61. The van der Waals surface area contributed by atoms with Crippen molar-refractivity contribution in [3.05, 3.63) is 74.2 Å². The number of rotatable bonds is 4. The molecule has 0 aliphatic heterocycles. The molecule has 0 spiro atoms. The third kappa shape index (κ3) is 5.20. The Morgan fingerprint density at radius 3 is 2.67 bits per heavy atom. The summed E-state index contributed by atoms with van der Waals surface area (Å²) in [7, 11) is 0. The summed E-state index contributed by atoms with van der Waals surface area (Å²) in [4.78, 5) is 11.6. The van der Waals surface area contributed by atoms with Crippen molar-refractivity contribution in [2.24, 2.45) is 0 Å². The highest BCUT2D eigenvalue weighted by Crippen LogP contribution is 2.23. The lowest BCUT2D eigenvalue weighted by Crippen LogP contribution is -2.00. The first-order valence-corrected chi connectivity index (χ1v) is 7.64. The van der Waals surface area contributed by atoms with Crippen LogP contribution in [-0.4, -0.2) is 5.97 Å². The zero-order valence-corrected chi connectivity index (χ0v) is 14.0. The van der Waals surface area contributed by atoms with Gasteiger partial charge in [-0.3, -0.25) is 0 Å². The highest BCUT2D eigenvalue weighted by atomic mass is 79.9. The molecule has 2 nitrogen and oxygen atoms in total. The van der Waals surface area contributed by atoms with Crippen molar-refractivity contribution >= 4 is 51.2 Å². The second-order valence-corrected chi connectivity index (χ2v) is 5.97. The van der Waals surface area contributed by atoms with Crippen LogP contribution in [0, 0.1) is 0 Å². The second kappa shape index (κ2) is 7.64. The predicted octanol–water partition coefficient (Wildman–Crippen LogP) is 5.51. The van der Waals surface area contributed by atoms with Crippen molar-refractivity contribution < 1.29 is 9.53 Å². The van der Waals surface area contributed by atoms with Crippen LogP contribution in [0.5, 0.6) is 0 Å². The normalized spacial score (nSPS) is 10.8. The number of carbonyl (C=O) groups excluding carboxylic acids is 1. The van der Waals surface area contributed by atoms with Crippen LogP contribution >= 0.6 is 39.1 Å². The van der Waals surface area contributed by atoms with Crippen LogP contribution in [0.2, 0.25) is 10.0 Å². The van der Waals surface area contributed by atoms with E-state index < -0.39 is 5.97 Å². The van der Waals surface area contributed by atoms with Crippen LogP contribution in [0.15, 0.2) is 53.0 Å². The highest BCUT2D eigenvalue weighted by molar-refractivity contribution is 9.10. The minimum absolute atomic E-state index is 0.226. The van der Waals surface area contributed by atoms with Gasteiger partial charge >= 0.3 is 5.97 Å². The maximum absolute atomic E-state index is 11.6. The second-order valence-electron chi connectivity index (χ2n) is 4.24. The molecule has 0 atom stereocenters. The van der Waals surface area contributed by atoms with Crippen LogP contribution in [0.3, 0.4) is 0 Å². The topological polar surface area (TPSA) is 26.3 Å². The van der Waals surface area contributed by atoms with E-state index in [2.05, 4.69) is 15.9 Å². The fourth-order valence-corrected chi connectivity index (χ4v) is 2.36. The van der Waals surface area contributed by atoms with Crippen LogP contribution in [0.4, 0.5) is 0 Å². The van der Waals surface area contributed by atoms with Crippen molar-refractivity contribution in [2.45, 2.75) is 6.61 Å². The lowest BCUT2D eigenvalue weighted by molar-refractivity contribution is -0.138. The summed E-state index contributed by atoms with van der Waals surface area (Å²) in [6, 6.07) is 12.7. The van der Waals surface area contributed by atoms with Crippen LogP contribution in [0.1, 0.15) is 11.1 Å². The molecule has 0 aliphatic rings. The average Bonchev–Trinajstić information content (AvgIpc) is 2.46. The van der Waals surface area contributed by atoms with Gasteiger partial charge in [0.25, 0.3) is 0 Å². The Labute approximate surface area is 141 Å². The minimum atomic E-state index is -0.416. The summed E-state index contributed by atoms with van der Waals surface area (Å²) in [5.41, 5.74) is 1.70. The van der Waals surface area contributed by atoms with Gasteiger partial charge in [-0.1, -0.05) is 57.3 Å². The summed E-state index contributed by atoms with van der Waals surface area (Å²) >= 11 is 15.1. The summed E-state index contributed by atoms with van der Waals surface area (Å²) in [6.07, 6.45) is 2.99. The standard InChI is InChI=1S/C16H11BrCl2O2/c17-13-3-1-2-12(8-13)10-21-16(20)7-5-11-4-6-14(18)15(19)9-11/h1-9H,10H2. The van der Waals surface area contributed by atoms with E-state index in [-0.39, 0.29) is 6.61 Å². The first kappa shape index (κ1) is 16.1. The minimum Gasteiger partial charge on any atom is -0.458 e. The van der Waals surface area contributed by atoms with Gasteiger partial charge in [-0.15, -0.1) is 0 Å². The van der Waals surface area contributed by atoms with E-state index in [0.29, 0.717) is 10.0 Å². The molecular weight excluding hydrogens is 375 g/mol. The molecule has 0 heterocycles. The molecule has 2 aromatic carbocycles. The third-order valence-corrected chi connectivity index (χ3v) is 3.86. The molecule has 0 unspecified atom stereocenters. The monoisotopic (exact) mass is 384 g/mol. The van der Waals surface area contributed by atoms with Gasteiger partial charge in [0.15, 0.2) is 0 Å². The molecule has 5 heteroatoms. The average molecular weight is 386 g/mol. The van der Waals surface area contributed by atoms with Gasteiger partial charge in [-0.05, 0) is 41.5 Å². The third-order valence-electron chi connectivity index (χ3n) is 2.63. The Morgan fingerprint density at radius 1 is 1.14 bits per heavy atom. The Kier molecular flexibility index (Phi) is 5.85. The Balaban J connectivity index is 1.92. The maximum Gasteiger partial charge on any atom is 0.331 e. The first-order chi connectivity index (χ1) is 10.0. The number of benzene rings is 2. The summed E-state index contributed by atoms with van der Waals surface area (Å²) in [5.74, 6) is -0.416. The van der Waals surface area contributed by atoms with Crippen LogP contribution in [0.25, 0.3) is 6.08 Å². The Hall–Kier alpha value is -1.29. The van der Waals surface area contributed by atoms with Gasteiger partial charge in [-0.25, -0.2) is 4.79 Å². The van der Waals surface area contributed by atoms with Gasteiger partial charge in [0, 0.05) is 10.5 Å². The van der Waals surface area contributed by atoms with Crippen molar-refractivity contribution in [3.8, 4) is 0 Å². The van der Waals surface area contributed by atoms with E-state index in [1.165, 1.54) is 6.08 Å². The van der Waals surface area contributed by atoms with Gasteiger partial charge < -0.3 is 4.74 Å². The molecule has 0 bridgehead atoms. The zero-order valence-electron chi connectivity index (χ0n) is 10.9. The highest BCUT2D eigenvalue weighted by Gasteiger charge is 2.01. The quantitative estimate of drug-likeness (QED) is 0.512. The van der Waals surface area contributed by atoms with Crippen molar-refractivity contribution in [2.75, 3.05) is 0 Å². The lowest BCUT2D eigenvalue weighted by Gasteiger charge is -2.03. The smallest absolute Gasteiger partial charge is 0.331 e. The van der Waals surface area contributed by atoms with Crippen LogP contribution in [-0.2, 0) is 16.1 Å². The summed E-state index contributed by atoms with van der Waals surface area (Å²) in [6.45, 7) is 0.226. The number of esters is 1. The Morgan fingerprint density at radius 2 is 1.95 bits per heavy atom. The molecule has 21 heavy (non-hydrogen) atoms. The van der Waals surface area contributed by atoms with Crippen molar-refractivity contribution in [1.82, 2.24) is 0 Å². The molecule has 0 amide bonds. The largest absolute Gasteiger partial charge is 0.458 e. The van der Waals surface area contributed by atoms with Crippen molar-refractivity contribution in [1.29, 1.82) is 0 Å². The fraction of sp³-hybridized carbons (Fsp3) is 0.0625. The molecule has 0 N–H and O–H groups in total. The van der Waals surface area contributed by atoms with Crippen LogP contribution < -0.4 is 0 Å². The lowest BCUT2D eigenvalue weighted by atomic mass is 10.2. The number of carbonyl (C=O) groups is 1. The molecule has 0 saturated heterocycles. The van der Waals surface area contributed by atoms with E-state index in [9.17, 15) is 4.79 Å². The molecule has 0 fully saturated rings. The number of hydrogen-bond acceptors (Lipinski definition) is 2. The number of halogens is 3. The molecule has 2 aromatic rings. The van der Waals surface area contributed by atoms with Crippen molar-refractivity contribution in [3.63, 3.8) is 0 Å². The first-order valence-electron chi connectivity index (χ1n) is 6.09.